The van der Waals surface area contributed by atoms with Gasteiger partial charge < -0.3 is 9.84 Å². The first-order chi connectivity index (χ1) is 7.63. The number of fused-ring (bicyclic) bond motifs is 1. The Bertz CT molecular complexity index is 569. The zero-order valence-corrected chi connectivity index (χ0v) is 9.50. The molecule has 0 radical (unpaired) electrons. The summed E-state index contributed by atoms with van der Waals surface area (Å²) >= 11 is 1.59. The molecule has 0 saturated carbocycles. The summed E-state index contributed by atoms with van der Waals surface area (Å²) in [4.78, 5) is 10.9. The van der Waals surface area contributed by atoms with Crippen LogP contribution < -0.4 is 4.74 Å². The molecule has 3 nitrogen and oxygen atoms in total. The second-order valence-corrected chi connectivity index (χ2v) is 4.24. The highest BCUT2D eigenvalue weighted by Gasteiger charge is 2.14. The fourth-order valence-corrected chi connectivity index (χ4v) is 2.31. The summed E-state index contributed by atoms with van der Waals surface area (Å²) in [5, 5.41) is 11.9. The number of benzene rings is 1. The molecular weight excluding hydrogens is 224 g/mol. The van der Waals surface area contributed by atoms with Crippen LogP contribution in [0.15, 0.2) is 30.2 Å². The van der Waals surface area contributed by atoms with Gasteiger partial charge in [-0.2, -0.15) is 0 Å². The van der Waals surface area contributed by atoms with Crippen LogP contribution in [0.1, 0.15) is 5.56 Å². The highest BCUT2D eigenvalue weighted by Crippen LogP contribution is 2.32. The lowest BCUT2D eigenvalue weighted by Crippen LogP contribution is -2.00. The number of rotatable bonds is 3. The molecule has 82 valence electrons. The number of thiophene rings is 1. The Morgan fingerprint density at radius 1 is 1.50 bits per heavy atom. The molecule has 0 unspecified atom stereocenters. The van der Waals surface area contributed by atoms with Gasteiger partial charge in [-0.05, 0) is 29.0 Å². The summed E-state index contributed by atoms with van der Waals surface area (Å²) in [6, 6.07) is 5.57. The Kier molecular flexibility index (Phi) is 2.66. The standard InChI is InChI=1S/C12H10O3S/c1-7(12(13)14)9-5-8-3-4-16-11(8)6-10(9)15-2/h3-6H,1H2,2H3,(H,13,14). The zero-order valence-electron chi connectivity index (χ0n) is 8.69. The molecular formula is C12H10O3S. The molecule has 2 rings (SSSR count). The topological polar surface area (TPSA) is 46.5 Å². The Morgan fingerprint density at radius 2 is 2.25 bits per heavy atom. The Morgan fingerprint density at radius 3 is 2.88 bits per heavy atom. The summed E-state index contributed by atoms with van der Waals surface area (Å²) in [6.07, 6.45) is 0. The number of carboxylic acids is 1. The summed E-state index contributed by atoms with van der Waals surface area (Å²) in [6.45, 7) is 3.55. The Balaban J connectivity index is 2.65. The number of ether oxygens (including phenoxy) is 1. The third-order valence-corrected chi connectivity index (χ3v) is 3.24. The van der Waals surface area contributed by atoms with Gasteiger partial charge in [0, 0.05) is 10.3 Å². The van der Waals surface area contributed by atoms with Gasteiger partial charge in [0.05, 0.1) is 12.7 Å². The van der Waals surface area contributed by atoms with Gasteiger partial charge in [-0.25, -0.2) is 4.79 Å². The fraction of sp³-hybridized carbons (Fsp3) is 0.0833. The van der Waals surface area contributed by atoms with Gasteiger partial charge in [-0.1, -0.05) is 6.58 Å². The molecule has 0 atom stereocenters. The number of carboxylic acid groups (broad SMARTS) is 1. The average Bonchev–Trinajstić information content (AvgIpc) is 2.72. The highest BCUT2D eigenvalue weighted by molar-refractivity contribution is 7.17. The van der Waals surface area contributed by atoms with Gasteiger partial charge in [0.2, 0.25) is 0 Å². The van der Waals surface area contributed by atoms with Crippen LogP contribution in [-0.4, -0.2) is 18.2 Å². The number of hydrogen-bond donors (Lipinski definition) is 1. The van der Waals surface area contributed by atoms with E-state index in [1.807, 2.05) is 17.5 Å². The molecule has 0 aliphatic heterocycles. The van der Waals surface area contributed by atoms with Gasteiger partial charge in [-0.3, -0.25) is 0 Å². The molecule has 0 bridgehead atoms. The maximum absolute atomic E-state index is 10.9. The molecule has 0 spiro atoms. The Labute approximate surface area is 96.6 Å². The van der Waals surface area contributed by atoms with Gasteiger partial charge in [-0.15, -0.1) is 11.3 Å². The fourth-order valence-electron chi connectivity index (χ4n) is 1.51. The predicted molar refractivity (Wildman–Crippen MR) is 65.0 cm³/mol. The molecule has 0 saturated heterocycles. The molecule has 0 aliphatic carbocycles. The lowest BCUT2D eigenvalue weighted by Gasteiger charge is -2.08. The van der Waals surface area contributed by atoms with Crippen molar-refractivity contribution < 1.29 is 14.6 Å². The maximum Gasteiger partial charge on any atom is 0.335 e. The van der Waals surface area contributed by atoms with Crippen LogP contribution in [0.3, 0.4) is 0 Å². The second kappa shape index (κ2) is 3.98. The number of methoxy groups -OCH3 is 1. The monoisotopic (exact) mass is 234 g/mol. The minimum atomic E-state index is -1.03. The summed E-state index contributed by atoms with van der Waals surface area (Å²) in [7, 11) is 1.52. The number of carbonyl (C=O) groups is 1. The van der Waals surface area contributed by atoms with Gasteiger partial charge >= 0.3 is 5.97 Å². The minimum Gasteiger partial charge on any atom is -0.496 e. The van der Waals surface area contributed by atoms with E-state index >= 15 is 0 Å². The Hall–Kier alpha value is -1.81. The molecule has 1 aromatic carbocycles. The summed E-state index contributed by atoms with van der Waals surface area (Å²) in [5.74, 6) is -0.491. The van der Waals surface area contributed by atoms with Crippen molar-refractivity contribution in [2.45, 2.75) is 0 Å². The van der Waals surface area contributed by atoms with Gasteiger partial charge in [0.25, 0.3) is 0 Å². The molecule has 1 N–H and O–H groups in total. The van der Waals surface area contributed by atoms with E-state index in [2.05, 4.69) is 6.58 Å². The second-order valence-electron chi connectivity index (χ2n) is 3.29. The van der Waals surface area contributed by atoms with E-state index in [9.17, 15) is 4.79 Å². The van der Waals surface area contributed by atoms with Crippen LogP contribution in [0.25, 0.3) is 15.7 Å². The van der Waals surface area contributed by atoms with Crippen LogP contribution in [0.5, 0.6) is 5.75 Å². The molecule has 1 aromatic heterocycles. The van der Waals surface area contributed by atoms with E-state index in [0.717, 1.165) is 10.1 Å². The average molecular weight is 234 g/mol. The summed E-state index contributed by atoms with van der Waals surface area (Å²) in [5.41, 5.74) is 0.575. The van der Waals surface area contributed by atoms with Crippen LogP contribution in [0.2, 0.25) is 0 Å². The quantitative estimate of drug-likeness (QED) is 0.830. The van der Waals surface area contributed by atoms with Crippen LogP contribution in [-0.2, 0) is 4.79 Å². The predicted octanol–water partition coefficient (Wildman–Crippen LogP) is 3.01. The van der Waals surface area contributed by atoms with Crippen molar-refractivity contribution in [1.82, 2.24) is 0 Å². The molecule has 4 heteroatoms. The van der Waals surface area contributed by atoms with Crippen molar-refractivity contribution in [1.29, 1.82) is 0 Å². The van der Waals surface area contributed by atoms with Crippen LogP contribution in [0, 0.1) is 0 Å². The number of aliphatic carboxylic acids is 1. The third-order valence-electron chi connectivity index (χ3n) is 2.36. The smallest absolute Gasteiger partial charge is 0.335 e. The van der Waals surface area contributed by atoms with E-state index in [0.29, 0.717) is 11.3 Å². The molecule has 0 fully saturated rings. The normalized spacial score (nSPS) is 10.3. The highest BCUT2D eigenvalue weighted by atomic mass is 32.1. The number of hydrogen-bond acceptors (Lipinski definition) is 3. The summed E-state index contributed by atoms with van der Waals surface area (Å²) < 4.78 is 6.24. The van der Waals surface area contributed by atoms with Crippen LogP contribution in [0.4, 0.5) is 0 Å². The van der Waals surface area contributed by atoms with Crippen molar-refractivity contribution in [2.75, 3.05) is 7.11 Å². The van der Waals surface area contributed by atoms with Crippen molar-refractivity contribution >= 4 is 33.0 Å². The molecule has 0 amide bonds. The largest absolute Gasteiger partial charge is 0.496 e. The first-order valence-corrected chi connectivity index (χ1v) is 5.49. The lowest BCUT2D eigenvalue weighted by atomic mass is 10.0. The lowest BCUT2D eigenvalue weighted by molar-refractivity contribution is -0.130. The van der Waals surface area contributed by atoms with E-state index in [-0.39, 0.29) is 5.57 Å². The maximum atomic E-state index is 10.9. The van der Waals surface area contributed by atoms with Gasteiger partial charge in [0.1, 0.15) is 5.75 Å². The minimum absolute atomic E-state index is 0.0463. The van der Waals surface area contributed by atoms with Crippen LogP contribution >= 0.6 is 11.3 Å². The van der Waals surface area contributed by atoms with Crippen molar-refractivity contribution in [3.8, 4) is 5.75 Å². The van der Waals surface area contributed by atoms with Gasteiger partial charge in [0.15, 0.2) is 0 Å². The third kappa shape index (κ3) is 1.67. The van der Waals surface area contributed by atoms with Crippen molar-refractivity contribution in [3.63, 3.8) is 0 Å². The molecule has 1 heterocycles. The van der Waals surface area contributed by atoms with E-state index in [1.54, 1.807) is 17.4 Å². The zero-order chi connectivity index (χ0) is 11.7. The molecule has 16 heavy (non-hydrogen) atoms. The SMILES string of the molecule is C=C(C(=O)O)c1cc2ccsc2cc1OC. The van der Waals surface area contributed by atoms with E-state index in [4.69, 9.17) is 9.84 Å². The molecule has 2 aromatic rings. The van der Waals surface area contributed by atoms with E-state index < -0.39 is 5.97 Å². The van der Waals surface area contributed by atoms with Crippen molar-refractivity contribution in [2.24, 2.45) is 0 Å². The first-order valence-electron chi connectivity index (χ1n) is 4.61. The molecule has 0 aliphatic rings. The van der Waals surface area contributed by atoms with E-state index in [1.165, 1.54) is 7.11 Å². The van der Waals surface area contributed by atoms with Crippen molar-refractivity contribution in [3.05, 3.63) is 35.7 Å². The first kappa shape index (κ1) is 10.7.